The number of aromatic nitrogens is 1. The largest absolute Gasteiger partial charge is 0.396 e. The van der Waals surface area contributed by atoms with Crippen LogP contribution in [0.4, 0.5) is 0 Å². The summed E-state index contributed by atoms with van der Waals surface area (Å²) in [6.45, 7) is 1.16. The Hall–Kier alpha value is -2.44. The molecular weight excluding hydrogens is 366 g/mol. The van der Waals surface area contributed by atoms with Gasteiger partial charge in [0, 0.05) is 42.9 Å². The number of benzene rings is 1. The smallest absolute Gasteiger partial charge is 0.258 e. The van der Waals surface area contributed by atoms with Gasteiger partial charge in [-0.3, -0.25) is 14.5 Å². The molecule has 2 aliphatic heterocycles. The van der Waals surface area contributed by atoms with E-state index in [4.69, 9.17) is 0 Å². The van der Waals surface area contributed by atoms with Gasteiger partial charge >= 0.3 is 0 Å². The molecular formula is C23H27N3O3. The van der Waals surface area contributed by atoms with Crippen molar-refractivity contribution in [2.24, 2.45) is 17.8 Å². The Morgan fingerprint density at radius 3 is 2.62 bits per heavy atom. The molecule has 1 aromatic carbocycles. The zero-order chi connectivity index (χ0) is 20.1. The molecule has 0 spiro atoms. The number of aliphatic hydroxyl groups is 1. The summed E-state index contributed by atoms with van der Waals surface area (Å²) >= 11 is 0. The van der Waals surface area contributed by atoms with Crippen molar-refractivity contribution in [3.63, 3.8) is 0 Å². The summed E-state index contributed by atoms with van der Waals surface area (Å²) in [6, 6.07) is 13.3. The van der Waals surface area contributed by atoms with Gasteiger partial charge in [0.2, 0.25) is 5.91 Å². The van der Waals surface area contributed by atoms with Crippen molar-refractivity contribution in [3.05, 3.63) is 58.5 Å². The highest BCUT2D eigenvalue weighted by Gasteiger charge is 2.54. The minimum atomic E-state index is -0.343. The van der Waals surface area contributed by atoms with Crippen LogP contribution in [0.1, 0.15) is 24.6 Å². The summed E-state index contributed by atoms with van der Waals surface area (Å²) in [7, 11) is 2.01. The molecule has 1 amide bonds. The molecule has 4 atom stereocenters. The number of hydrogen-bond donors (Lipinski definition) is 2. The SMILES string of the molecule is CN1[C@@H]2c3ccc(-c4ccccc4)c(=O)n3C[C@H]1[C@H](CO)[C@H]2C(=O)NCC1CC1. The number of pyridine rings is 1. The van der Waals surface area contributed by atoms with Crippen molar-refractivity contribution in [3.8, 4) is 11.1 Å². The van der Waals surface area contributed by atoms with Gasteiger partial charge < -0.3 is 15.0 Å². The first-order valence-corrected chi connectivity index (χ1v) is 10.5. The van der Waals surface area contributed by atoms with Crippen LogP contribution in [0, 0.1) is 17.8 Å². The Balaban J connectivity index is 1.54. The molecule has 1 saturated carbocycles. The van der Waals surface area contributed by atoms with E-state index >= 15 is 0 Å². The summed E-state index contributed by atoms with van der Waals surface area (Å²) in [5.74, 6) is 0.0878. The average molecular weight is 393 g/mol. The highest BCUT2D eigenvalue weighted by molar-refractivity contribution is 5.80. The van der Waals surface area contributed by atoms with Crippen LogP contribution in [-0.4, -0.2) is 46.7 Å². The minimum absolute atomic E-state index is 0.00309. The Labute approximate surface area is 170 Å². The summed E-state index contributed by atoms with van der Waals surface area (Å²) < 4.78 is 1.83. The molecule has 2 bridgehead atoms. The van der Waals surface area contributed by atoms with E-state index in [1.54, 1.807) is 0 Å². The van der Waals surface area contributed by atoms with Crippen LogP contribution >= 0.6 is 0 Å². The van der Waals surface area contributed by atoms with Crippen molar-refractivity contribution in [2.75, 3.05) is 20.2 Å². The van der Waals surface area contributed by atoms with E-state index in [9.17, 15) is 14.7 Å². The lowest BCUT2D eigenvalue weighted by atomic mass is 9.86. The molecule has 2 aromatic rings. The lowest BCUT2D eigenvalue weighted by Crippen LogP contribution is -2.44. The van der Waals surface area contributed by atoms with E-state index in [0.717, 1.165) is 11.3 Å². The molecule has 3 heterocycles. The number of nitrogens with zero attached hydrogens (tertiary/aromatic N) is 2. The molecule has 2 fully saturated rings. The number of likely N-dealkylation sites (N-methyl/N-ethyl adjacent to an activating group) is 1. The van der Waals surface area contributed by atoms with Crippen LogP contribution in [0.25, 0.3) is 11.1 Å². The number of amides is 1. The standard InChI is InChI=1S/C23H27N3O3/c1-25-19-12-26-18(10-9-16(23(26)29)15-5-3-2-4-6-15)21(25)20(17(19)13-27)22(28)24-11-14-7-8-14/h2-6,9-10,14,17,19-21,27H,7-8,11-13H2,1H3,(H,24,28)/t17-,19-,20+,21+/m0/s1. The fourth-order valence-electron chi connectivity index (χ4n) is 5.21. The second kappa shape index (κ2) is 7.11. The molecule has 152 valence electrons. The van der Waals surface area contributed by atoms with Gasteiger partial charge in [0.1, 0.15) is 0 Å². The molecule has 2 N–H and O–H groups in total. The third-order valence-corrected chi connectivity index (χ3v) is 7.00. The molecule has 0 unspecified atom stereocenters. The van der Waals surface area contributed by atoms with Crippen LogP contribution in [0.15, 0.2) is 47.3 Å². The monoisotopic (exact) mass is 393 g/mol. The first kappa shape index (κ1) is 18.6. The zero-order valence-corrected chi connectivity index (χ0v) is 16.6. The fourth-order valence-corrected chi connectivity index (χ4v) is 5.21. The van der Waals surface area contributed by atoms with Gasteiger partial charge in [-0.2, -0.15) is 0 Å². The summed E-state index contributed by atoms with van der Waals surface area (Å²) in [6.07, 6.45) is 2.36. The molecule has 1 saturated heterocycles. The van der Waals surface area contributed by atoms with Crippen LogP contribution in [-0.2, 0) is 11.3 Å². The van der Waals surface area contributed by atoms with E-state index in [0.29, 0.717) is 24.6 Å². The summed E-state index contributed by atoms with van der Waals surface area (Å²) in [5, 5.41) is 13.2. The Morgan fingerprint density at radius 1 is 1.17 bits per heavy atom. The van der Waals surface area contributed by atoms with Crippen LogP contribution in [0.2, 0.25) is 0 Å². The Morgan fingerprint density at radius 2 is 1.93 bits per heavy atom. The van der Waals surface area contributed by atoms with Crippen molar-refractivity contribution in [1.29, 1.82) is 0 Å². The molecule has 0 radical (unpaired) electrons. The number of hydrogen-bond acceptors (Lipinski definition) is 4. The lowest BCUT2D eigenvalue weighted by molar-refractivity contribution is -0.127. The number of fused-ring (bicyclic) bond motifs is 4. The van der Waals surface area contributed by atoms with Crippen molar-refractivity contribution in [2.45, 2.75) is 31.5 Å². The first-order valence-electron chi connectivity index (χ1n) is 10.5. The summed E-state index contributed by atoms with van der Waals surface area (Å²) in [5.41, 5.74) is 2.42. The number of aliphatic hydroxyl groups excluding tert-OH is 1. The maximum atomic E-state index is 13.3. The predicted molar refractivity (Wildman–Crippen MR) is 110 cm³/mol. The zero-order valence-electron chi connectivity index (χ0n) is 16.6. The summed E-state index contributed by atoms with van der Waals surface area (Å²) in [4.78, 5) is 28.6. The second-order valence-electron chi connectivity index (χ2n) is 8.69. The predicted octanol–water partition coefficient (Wildman–Crippen LogP) is 1.63. The van der Waals surface area contributed by atoms with Crippen LogP contribution in [0.3, 0.4) is 0 Å². The average Bonchev–Trinajstić information content (AvgIpc) is 3.54. The molecule has 1 aliphatic carbocycles. The molecule has 6 heteroatoms. The van der Waals surface area contributed by atoms with Gasteiger partial charge in [0.05, 0.1) is 12.0 Å². The van der Waals surface area contributed by atoms with Gasteiger partial charge in [0.15, 0.2) is 0 Å². The third-order valence-electron chi connectivity index (χ3n) is 7.00. The minimum Gasteiger partial charge on any atom is -0.396 e. The lowest BCUT2D eigenvalue weighted by Gasteiger charge is -2.35. The number of nitrogens with one attached hydrogen (secondary N) is 1. The van der Waals surface area contributed by atoms with Crippen molar-refractivity contribution >= 4 is 5.91 Å². The van der Waals surface area contributed by atoms with E-state index in [1.807, 2.05) is 54.1 Å². The maximum Gasteiger partial charge on any atom is 0.258 e. The van der Waals surface area contributed by atoms with Gasteiger partial charge in [-0.15, -0.1) is 0 Å². The maximum absolute atomic E-state index is 13.3. The van der Waals surface area contributed by atoms with Gasteiger partial charge in [-0.25, -0.2) is 0 Å². The highest BCUT2D eigenvalue weighted by atomic mass is 16.3. The van der Waals surface area contributed by atoms with Crippen LogP contribution < -0.4 is 10.9 Å². The van der Waals surface area contributed by atoms with E-state index in [-0.39, 0.29) is 42.0 Å². The van der Waals surface area contributed by atoms with Crippen LogP contribution in [0.5, 0.6) is 0 Å². The molecule has 29 heavy (non-hydrogen) atoms. The Kier molecular flexibility index (Phi) is 4.56. The van der Waals surface area contributed by atoms with Gasteiger partial charge in [-0.05, 0) is 43.5 Å². The van der Waals surface area contributed by atoms with E-state index in [1.165, 1.54) is 12.8 Å². The van der Waals surface area contributed by atoms with Crippen molar-refractivity contribution < 1.29 is 9.90 Å². The molecule has 5 rings (SSSR count). The quantitative estimate of drug-likeness (QED) is 0.810. The Bertz CT molecular complexity index is 983. The molecule has 1 aromatic heterocycles. The van der Waals surface area contributed by atoms with E-state index in [2.05, 4.69) is 10.2 Å². The first-order chi connectivity index (χ1) is 14.1. The fraction of sp³-hybridized carbons (Fsp3) is 0.478. The third kappa shape index (κ3) is 3.02. The molecule has 3 aliphatic rings. The van der Waals surface area contributed by atoms with Gasteiger partial charge in [-0.1, -0.05) is 30.3 Å². The number of rotatable bonds is 5. The topological polar surface area (TPSA) is 74.6 Å². The normalized spacial score (nSPS) is 28.2. The van der Waals surface area contributed by atoms with Crippen molar-refractivity contribution in [1.82, 2.24) is 14.8 Å². The highest BCUT2D eigenvalue weighted by Crippen LogP contribution is 2.47. The molecule has 6 nitrogen and oxygen atoms in total. The van der Waals surface area contributed by atoms with E-state index < -0.39 is 0 Å². The number of carbonyl (C=O) groups excluding carboxylic acids is 1. The second-order valence-corrected chi connectivity index (χ2v) is 8.69. The number of carbonyl (C=O) groups is 1. The van der Waals surface area contributed by atoms with Gasteiger partial charge in [0.25, 0.3) is 5.56 Å².